The molecule has 0 aliphatic rings. The molecule has 1 unspecified atom stereocenters. The minimum absolute atomic E-state index is 0.667. The molecule has 0 aromatic carbocycles. The molecule has 0 saturated heterocycles. The summed E-state index contributed by atoms with van der Waals surface area (Å²) >= 11 is 5.28. The van der Waals surface area contributed by atoms with Crippen LogP contribution in [0, 0.1) is 5.92 Å². The van der Waals surface area contributed by atoms with Crippen LogP contribution in [0.3, 0.4) is 0 Å². The van der Waals surface area contributed by atoms with Gasteiger partial charge in [-0.1, -0.05) is 35.3 Å². The summed E-state index contributed by atoms with van der Waals surface area (Å²) in [6, 6.07) is 4.19. The summed E-state index contributed by atoms with van der Waals surface area (Å²) in [4.78, 5) is 1.31. The van der Waals surface area contributed by atoms with Gasteiger partial charge in [0.05, 0.1) is 13.2 Å². The third-order valence-electron chi connectivity index (χ3n) is 2.09. The van der Waals surface area contributed by atoms with E-state index in [4.69, 9.17) is 4.74 Å². The smallest absolute Gasteiger partial charge is 0.0809 e. The molecule has 14 heavy (non-hydrogen) atoms. The molecule has 0 fully saturated rings. The second-order valence-corrected chi connectivity index (χ2v) is 5.08. The highest BCUT2D eigenvalue weighted by molar-refractivity contribution is 9.09. The standard InChI is InChI=1S/C11H17BrOS/c1-2-4-10(7-12)8-13-9-11-5-3-6-14-11/h3,5-6,10H,2,4,7-9H2,1H3. The van der Waals surface area contributed by atoms with Crippen molar-refractivity contribution < 1.29 is 4.74 Å². The van der Waals surface area contributed by atoms with Crippen LogP contribution in [0.1, 0.15) is 24.6 Å². The number of hydrogen-bond acceptors (Lipinski definition) is 2. The molecule has 1 atom stereocenters. The van der Waals surface area contributed by atoms with Crippen molar-refractivity contribution in [2.24, 2.45) is 5.92 Å². The van der Waals surface area contributed by atoms with Crippen molar-refractivity contribution in [3.05, 3.63) is 22.4 Å². The summed E-state index contributed by atoms with van der Waals surface area (Å²) in [6.07, 6.45) is 2.48. The molecule has 1 nitrogen and oxygen atoms in total. The number of alkyl halides is 1. The Morgan fingerprint density at radius 2 is 2.43 bits per heavy atom. The lowest BCUT2D eigenvalue weighted by atomic mass is 10.1. The van der Waals surface area contributed by atoms with Gasteiger partial charge in [-0.3, -0.25) is 0 Å². The molecule has 0 bridgehead atoms. The highest BCUT2D eigenvalue weighted by atomic mass is 79.9. The van der Waals surface area contributed by atoms with E-state index in [2.05, 4.69) is 40.4 Å². The van der Waals surface area contributed by atoms with Crippen molar-refractivity contribution in [3.63, 3.8) is 0 Å². The fourth-order valence-electron chi connectivity index (χ4n) is 1.33. The van der Waals surface area contributed by atoms with Gasteiger partial charge in [-0.15, -0.1) is 11.3 Å². The number of rotatable bonds is 7. The topological polar surface area (TPSA) is 9.23 Å². The van der Waals surface area contributed by atoms with Gasteiger partial charge in [-0.25, -0.2) is 0 Å². The SMILES string of the molecule is CCCC(CBr)COCc1cccs1. The summed E-state index contributed by atoms with van der Waals surface area (Å²) in [5.41, 5.74) is 0. The Kier molecular flexibility index (Phi) is 6.48. The Labute approximate surface area is 98.6 Å². The van der Waals surface area contributed by atoms with Crippen LogP contribution in [0.4, 0.5) is 0 Å². The van der Waals surface area contributed by atoms with E-state index in [0.717, 1.165) is 18.5 Å². The van der Waals surface area contributed by atoms with Crippen LogP contribution >= 0.6 is 27.3 Å². The Morgan fingerprint density at radius 1 is 1.57 bits per heavy atom. The first-order valence-corrected chi connectivity index (χ1v) is 7.03. The number of thiophene rings is 1. The van der Waals surface area contributed by atoms with Gasteiger partial charge in [0.1, 0.15) is 0 Å². The maximum absolute atomic E-state index is 5.66. The van der Waals surface area contributed by atoms with Crippen LogP contribution in [0.2, 0.25) is 0 Å². The van der Waals surface area contributed by atoms with E-state index in [1.54, 1.807) is 11.3 Å². The summed E-state index contributed by atoms with van der Waals surface area (Å²) in [7, 11) is 0. The Balaban J connectivity index is 2.13. The fraction of sp³-hybridized carbons (Fsp3) is 0.636. The van der Waals surface area contributed by atoms with Crippen molar-refractivity contribution in [1.82, 2.24) is 0 Å². The van der Waals surface area contributed by atoms with Crippen LogP contribution in [-0.2, 0) is 11.3 Å². The molecule has 0 aliphatic carbocycles. The van der Waals surface area contributed by atoms with Gasteiger partial charge in [0.2, 0.25) is 0 Å². The quantitative estimate of drug-likeness (QED) is 0.682. The first-order valence-electron chi connectivity index (χ1n) is 5.03. The Hall–Kier alpha value is 0.140. The second-order valence-electron chi connectivity index (χ2n) is 3.40. The molecule has 1 rings (SSSR count). The largest absolute Gasteiger partial charge is 0.376 e. The fourth-order valence-corrected chi connectivity index (χ4v) is 2.49. The molecule has 0 spiro atoms. The maximum atomic E-state index is 5.66. The zero-order chi connectivity index (χ0) is 10.2. The normalized spacial score (nSPS) is 13.0. The van der Waals surface area contributed by atoms with Gasteiger partial charge < -0.3 is 4.74 Å². The second kappa shape index (κ2) is 7.43. The minimum atomic E-state index is 0.667. The van der Waals surface area contributed by atoms with Crippen LogP contribution in [0.15, 0.2) is 17.5 Å². The molecule has 0 saturated carbocycles. The predicted octanol–water partition coefficient (Wildman–Crippen LogP) is 4.08. The monoisotopic (exact) mass is 276 g/mol. The molecule has 1 heterocycles. The lowest BCUT2D eigenvalue weighted by Gasteiger charge is -2.12. The highest BCUT2D eigenvalue weighted by Crippen LogP contribution is 2.13. The predicted molar refractivity (Wildman–Crippen MR) is 66.2 cm³/mol. The summed E-state index contributed by atoms with van der Waals surface area (Å²) in [6.45, 7) is 3.86. The molecule has 0 radical (unpaired) electrons. The molecule has 0 amide bonds. The average Bonchev–Trinajstić information content (AvgIpc) is 2.69. The summed E-state index contributed by atoms with van der Waals surface area (Å²) < 4.78 is 5.66. The molecular weight excluding hydrogens is 260 g/mol. The number of ether oxygens (including phenoxy) is 1. The third-order valence-corrected chi connectivity index (χ3v) is 3.86. The van der Waals surface area contributed by atoms with E-state index < -0.39 is 0 Å². The van der Waals surface area contributed by atoms with Gasteiger partial charge in [0, 0.05) is 10.2 Å². The highest BCUT2D eigenvalue weighted by Gasteiger charge is 2.05. The van der Waals surface area contributed by atoms with Crippen LogP contribution in [0.25, 0.3) is 0 Å². The Morgan fingerprint density at radius 3 is 3.00 bits per heavy atom. The van der Waals surface area contributed by atoms with Crippen molar-refractivity contribution in [2.75, 3.05) is 11.9 Å². The lowest BCUT2D eigenvalue weighted by Crippen LogP contribution is -2.10. The average molecular weight is 277 g/mol. The molecule has 0 aliphatic heterocycles. The molecule has 80 valence electrons. The summed E-state index contributed by atoms with van der Waals surface area (Å²) in [5, 5.41) is 3.14. The molecule has 1 aromatic rings. The Bertz CT molecular complexity index is 223. The molecule has 0 N–H and O–H groups in total. The van der Waals surface area contributed by atoms with Crippen LogP contribution < -0.4 is 0 Å². The lowest BCUT2D eigenvalue weighted by molar-refractivity contribution is 0.0928. The molecular formula is C11H17BrOS. The zero-order valence-electron chi connectivity index (χ0n) is 8.54. The van der Waals surface area contributed by atoms with Crippen LogP contribution in [-0.4, -0.2) is 11.9 Å². The van der Waals surface area contributed by atoms with E-state index in [0.29, 0.717) is 5.92 Å². The van der Waals surface area contributed by atoms with E-state index in [9.17, 15) is 0 Å². The first-order chi connectivity index (χ1) is 6.86. The van der Waals surface area contributed by atoms with E-state index >= 15 is 0 Å². The molecule has 3 heteroatoms. The molecule has 1 aromatic heterocycles. The number of hydrogen-bond donors (Lipinski definition) is 0. The minimum Gasteiger partial charge on any atom is -0.376 e. The number of halogens is 1. The van der Waals surface area contributed by atoms with Gasteiger partial charge in [0.15, 0.2) is 0 Å². The van der Waals surface area contributed by atoms with Gasteiger partial charge >= 0.3 is 0 Å². The zero-order valence-corrected chi connectivity index (χ0v) is 10.9. The van der Waals surface area contributed by atoms with Crippen molar-refractivity contribution in [3.8, 4) is 0 Å². The maximum Gasteiger partial charge on any atom is 0.0809 e. The van der Waals surface area contributed by atoms with Gasteiger partial charge in [0.25, 0.3) is 0 Å². The van der Waals surface area contributed by atoms with E-state index in [1.165, 1.54) is 17.7 Å². The van der Waals surface area contributed by atoms with Crippen molar-refractivity contribution in [2.45, 2.75) is 26.4 Å². The first kappa shape index (κ1) is 12.2. The van der Waals surface area contributed by atoms with E-state index in [-0.39, 0.29) is 0 Å². The van der Waals surface area contributed by atoms with Gasteiger partial charge in [-0.2, -0.15) is 0 Å². The van der Waals surface area contributed by atoms with Gasteiger partial charge in [-0.05, 0) is 23.8 Å². The van der Waals surface area contributed by atoms with E-state index in [1.807, 2.05) is 0 Å². The summed E-state index contributed by atoms with van der Waals surface area (Å²) in [5.74, 6) is 0.667. The van der Waals surface area contributed by atoms with Crippen molar-refractivity contribution in [1.29, 1.82) is 0 Å². The van der Waals surface area contributed by atoms with Crippen molar-refractivity contribution >= 4 is 27.3 Å². The third kappa shape index (κ3) is 4.58. The van der Waals surface area contributed by atoms with Crippen LogP contribution in [0.5, 0.6) is 0 Å².